The largest absolute Gasteiger partial charge is 0.465 e. The number of rotatable bonds is 6. The van der Waals surface area contributed by atoms with Crippen molar-refractivity contribution < 1.29 is 24.2 Å². The number of aliphatic hydroxyl groups is 1. The number of cyclic esters (lactones) is 1. The lowest BCUT2D eigenvalue weighted by Crippen LogP contribution is -2.56. The predicted octanol–water partition coefficient (Wildman–Crippen LogP) is 2.54. The average Bonchev–Trinajstić information content (AvgIpc) is 3.20. The molecule has 1 unspecified atom stereocenters. The molecule has 7 nitrogen and oxygen atoms in total. The quantitative estimate of drug-likeness (QED) is 0.468. The number of carbonyl (C=O) groups is 3. The average molecular weight is 477 g/mol. The van der Waals surface area contributed by atoms with E-state index < -0.39 is 28.7 Å². The third-order valence-electron chi connectivity index (χ3n) is 7.48. The summed E-state index contributed by atoms with van der Waals surface area (Å²) in [4.78, 5) is 44.7. The standard InChI is InChI=1S/C25H36N2O5S/c1-3-5-13-26-14-10-12-25-20(22(29)27(17(4-2)16-28)21(25)23(26)30)19-18(33-25)11-8-6-7-9-15-32-24(19)31/h8,10-12,17-21,28H,3-7,9,13-16H2,1-2H3/b11-8-/t17-,18-,19+,20-,21?,25-/m0/s1. The summed E-state index contributed by atoms with van der Waals surface area (Å²) in [5.74, 6) is -1.95. The maximum Gasteiger partial charge on any atom is 0.311 e. The number of amides is 2. The number of carbonyl (C=O) groups excluding carboxylic acids is 3. The van der Waals surface area contributed by atoms with Crippen LogP contribution in [0.4, 0.5) is 0 Å². The monoisotopic (exact) mass is 476 g/mol. The zero-order chi connectivity index (χ0) is 23.6. The van der Waals surface area contributed by atoms with Gasteiger partial charge in [0.05, 0.1) is 35.8 Å². The molecule has 4 heterocycles. The van der Waals surface area contributed by atoms with E-state index in [9.17, 15) is 19.5 Å². The highest BCUT2D eigenvalue weighted by Gasteiger charge is 2.71. The molecule has 0 aromatic rings. The smallest absolute Gasteiger partial charge is 0.311 e. The van der Waals surface area contributed by atoms with Gasteiger partial charge in [-0.3, -0.25) is 14.4 Å². The number of nitrogens with zero attached hydrogens (tertiary/aromatic N) is 2. The van der Waals surface area contributed by atoms with Gasteiger partial charge in [-0.25, -0.2) is 0 Å². The normalized spacial score (nSPS) is 36.0. The second-order valence-corrected chi connectivity index (χ2v) is 11.0. The minimum atomic E-state index is -0.843. The summed E-state index contributed by atoms with van der Waals surface area (Å²) in [6, 6.07) is -1.19. The molecule has 182 valence electrons. The summed E-state index contributed by atoms with van der Waals surface area (Å²) in [5, 5.41) is 9.89. The molecular weight excluding hydrogens is 440 g/mol. The van der Waals surface area contributed by atoms with Gasteiger partial charge in [-0.1, -0.05) is 44.6 Å². The fourth-order valence-electron chi connectivity index (χ4n) is 5.76. The molecule has 33 heavy (non-hydrogen) atoms. The Labute approximate surface area is 200 Å². The summed E-state index contributed by atoms with van der Waals surface area (Å²) >= 11 is 1.56. The number of hydrogen-bond donors (Lipinski definition) is 1. The Bertz CT molecular complexity index is 826. The number of ether oxygens (including phenoxy) is 1. The van der Waals surface area contributed by atoms with Crippen molar-refractivity contribution in [3.8, 4) is 0 Å². The molecule has 0 aromatic carbocycles. The van der Waals surface area contributed by atoms with Crippen molar-refractivity contribution in [2.75, 3.05) is 26.3 Å². The van der Waals surface area contributed by atoms with Gasteiger partial charge in [-0.2, -0.15) is 0 Å². The molecule has 1 spiro atoms. The summed E-state index contributed by atoms with van der Waals surface area (Å²) in [6.45, 7) is 5.28. The first kappa shape index (κ1) is 24.3. The molecule has 4 aliphatic heterocycles. The number of aliphatic hydroxyl groups excluding tert-OH is 1. The highest BCUT2D eigenvalue weighted by molar-refractivity contribution is 8.02. The molecule has 0 radical (unpaired) electrons. The van der Waals surface area contributed by atoms with Gasteiger partial charge in [0, 0.05) is 18.3 Å². The van der Waals surface area contributed by atoms with Crippen LogP contribution in [0.2, 0.25) is 0 Å². The van der Waals surface area contributed by atoms with Crippen molar-refractivity contribution in [2.45, 2.75) is 74.5 Å². The van der Waals surface area contributed by atoms with Gasteiger partial charge in [0.1, 0.15) is 6.04 Å². The Morgan fingerprint density at radius 3 is 2.76 bits per heavy atom. The van der Waals surface area contributed by atoms with Crippen LogP contribution >= 0.6 is 11.8 Å². The van der Waals surface area contributed by atoms with Crippen LogP contribution in [0, 0.1) is 11.8 Å². The molecule has 0 bridgehead atoms. The van der Waals surface area contributed by atoms with Crippen LogP contribution in [-0.2, 0) is 19.1 Å². The first-order valence-corrected chi connectivity index (χ1v) is 13.3. The van der Waals surface area contributed by atoms with E-state index in [4.69, 9.17) is 4.74 Å². The van der Waals surface area contributed by atoms with Gasteiger partial charge in [-0.05, 0) is 32.1 Å². The molecule has 2 saturated heterocycles. The van der Waals surface area contributed by atoms with Crippen LogP contribution in [-0.4, -0.2) is 81.1 Å². The molecule has 0 aliphatic carbocycles. The number of likely N-dealkylation sites (tertiary alicyclic amines) is 1. The van der Waals surface area contributed by atoms with Crippen molar-refractivity contribution in [2.24, 2.45) is 11.8 Å². The van der Waals surface area contributed by atoms with E-state index in [2.05, 4.69) is 13.0 Å². The van der Waals surface area contributed by atoms with Gasteiger partial charge in [0.15, 0.2) is 0 Å². The molecule has 4 rings (SSSR count). The van der Waals surface area contributed by atoms with Crippen LogP contribution in [0.3, 0.4) is 0 Å². The number of fused-ring (bicyclic) bond motifs is 2. The Morgan fingerprint density at radius 1 is 1.21 bits per heavy atom. The van der Waals surface area contributed by atoms with Crippen LogP contribution in [0.25, 0.3) is 0 Å². The molecule has 0 aromatic heterocycles. The molecule has 8 heteroatoms. The van der Waals surface area contributed by atoms with Crippen molar-refractivity contribution in [3.63, 3.8) is 0 Å². The molecule has 6 atom stereocenters. The maximum absolute atomic E-state index is 14.0. The summed E-state index contributed by atoms with van der Waals surface area (Å²) in [6.07, 6.45) is 13.2. The number of allylic oxidation sites excluding steroid dienone is 1. The zero-order valence-corrected chi connectivity index (χ0v) is 20.5. The Morgan fingerprint density at radius 2 is 2.03 bits per heavy atom. The highest BCUT2D eigenvalue weighted by Crippen LogP contribution is 2.61. The Kier molecular flexibility index (Phi) is 7.53. The van der Waals surface area contributed by atoms with E-state index in [1.807, 2.05) is 30.1 Å². The van der Waals surface area contributed by atoms with E-state index in [0.29, 0.717) is 26.1 Å². The molecular formula is C25H36N2O5S. The van der Waals surface area contributed by atoms with E-state index in [1.54, 1.807) is 16.7 Å². The van der Waals surface area contributed by atoms with E-state index in [1.165, 1.54) is 0 Å². The number of unbranched alkanes of at least 4 members (excludes halogenated alkanes) is 1. The second kappa shape index (κ2) is 10.2. The Balaban J connectivity index is 1.81. The van der Waals surface area contributed by atoms with Gasteiger partial charge >= 0.3 is 5.97 Å². The lowest BCUT2D eigenvalue weighted by atomic mass is 9.78. The molecule has 2 fully saturated rings. The van der Waals surface area contributed by atoms with Crippen LogP contribution in [0.1, 0.15) is 52.4 Å². The SMILES string of the molecule is CCCCN1CC=C[C@]23S[C@H]4/C=C\CCCCOC(=O)[C@H]4[C@H]2C(=O)N([C@@H](CC)CO)C3C1=O. The van der Waals surface area contributed by atoms with E-state index in [0.717, 1.165) is 32.1 Å². The first-order valence-electron chi connectivity index (χ1n) is 12.4. The van der Waals surface area contributed by atoms with Crippen LogP contribution in [0.15, 0.2) is 24.3 Å². The van der Waals surface area contributed by atoms with Crippen LogP contribution < -0.4 is 0 Å². The Hall–Kier alpha value is -1.80. The predicted molar refractivity (Wildman–Crippen MR) is 127 cm³/mol. The number of hydrogen-bond acceptors (Lipinski definition) is 6. The second-order valence-electron chi connectivity index (χ2n) is 9.46. The highest BCUT2D eigenvalue weighted by atomic mass is 32.2. The third-order valence-corrected chi connectivity index (χ3v) is 9.22. The minimum Gasteiger partial charge on any atom is -0.465 e. The summed E-state index contributed by atoms with van der Waals surface area (Å²) < 4.78 is 4.78. The lowest BCUT2D eigenvalue weighted by Gasteiger charge is -2.38. The van der Waals surface area contributed by atoms with Crippen molar-refractivity contribution >= 4 is 29.5 Å². The molecule has 1 N–H and O–H groups in total. The fraction of sp³-hybridized carbons (Fsp3) is 0.720. The van der Waals surface area contributed by atoms with Crippen molar-refractivity contribution in [1.29, 1.82) is 0 Å². The third kappa shape index (κ3) is 4.14. The number of thioether (sulfide) groups is 1. The molecule has 0 saturated carbocycles. The maximum atomic E-state index is 14.0. The zero-order valence-electron chi connectivity index (χ0n) is 19.7. The topological polar surface area (TPSA) is 87.2 Å². The van der Waals surface area contributed by atoms with Crippen LogP contribution in [0.5, 0.6) is 0 Å². The van der Waals surface area contributed by atoms with Gasteiger partial charge in [0.2, 0.25) is 11.8 Å². The van der Waals surface area contributed by atoms with Crippen molar-refractivity contribution in [3.05, 3.63) is 24.3 Å². The fourth-order valence-corrected chi connectivity index (χ4v) is 7.75. The molecule has 4 aliphatic rings. The first-order chi connectivity index (χ1) is 16.0. The summed E-state index contributed by atoms with van der Waals surface area (Å²) in [5.41, 5.74) is 0. The summed E-state index contributed by atoms with van der Waals surface area (Å²) in [7, 11) is 0. The molecule has 2 amide bonds. The lowest BCUT2D eigenvalue weighted by molar-refractivity contribution is -0.153. The van der Waals surface area contributed by atoms with Gasteiger partial charge in [-0.15, -0.1) is 11.8 Å². The minimum absolute atomic E-state index is 0.0789. The van der Waals surface area contributed by atoms with Gasteiger partial charge in [0.25, 0.3) is 0 Å². The van der Waals surface area contributed by atoms with Gasteiger partial charge < -0.3 is 19.6 Å². The van der Waals surface area contributed by atoms with E-state index >= 15 is 0 Å². The van der Waals surface area contributed by atoms with Crippen molar-refractivity contribution in [1.82, 2.24) is 9.80 Å². The number of esters is 1. The van der Waals surface area contributed by atoms with E-state index in [-0.39, 0.29) is 29.6 Å².